The van der Waals surface area contributed by atoms with Crippen molar-refractivity contribution in [2.45, 2.75) is 19.4 Å². The molecule has 0 bridgehead atoms. The number of carbonyl (C=O) groups is 3. The third-order valence-corrected chi connectivity index (χ3v) is 4.04. The van der Waals surface area contributed by atoms with E-state index in [4.69, 9.17) is 14.2 Å². The molecule has 172 valence electrons. The van der Waals surface area contributed by atoms with Gasteiger partial charge in [0.15, 0.2) is 35.1 Å². The van der Waals surface area contributed by atoms with Gasteiger partial charge in [-0.3, -0.25) is 14.4 Å². The van der Waals surface area contributed by atoms with E-state index in [-0.39, 0.29) is 13.0 Å². The van der Waals surface area contributed by atoms with Crippen LogP contribution in [-0.2, 0) is 19.1 Å². The molecular formula is C21H21F3N2O6. The lowest BCUT2D eigenvalue weighted by Crippen LogP contribution is -2.40. The summed E-state index contributed by atoms with van der Waals surface area (Å²) in [7, 11) is 1.48. The van der Waals surface area contributed by atoms with Crippen molar-refractivity contribution in [3.63, 3.8) is 0 Å². The number of rotatable bonds is 10. The average Bonchev–Trinajstić information content (AvgIpc) is 2.78. The van der Waals surface area contributed by atoms with Crippen molar-refractivity contribution in [3.05, 3.63) is 53.8 Å². The van der Waals surface area contributed by atoms with Crippen LogP contribution in [0.5, 0.6) is 11.5 Å². The Balaban J connectivity index is 1.73. The Hall–Kier alpha value is -3.76. The fourth-order valence-electron chi connectivity index (χ4n) is 2.42. The van der Waals surface area contributed by atoms with Gasteiger partial charge >= 0.3 is 5.97 Å². The van der Waals surface area contributed by atoms with Gasteiger partial charge in [-0.25, -0.2) is 13.2 Å². The molecule has 0 spiro atoms. The number of methoxy groups -OCH3 is 1. The Morgan fingerprint density at radius 1 is 1.00 bits per heavy atom. The predicted molar refractivity (Wildman–Crippen MR) is 107 cm³/mol. The van der Waals surface area contributed by atoms with Gasteiger partial charge in [-0.15, -0.1) is 0 Å². The van der Waals surface area contributed by atoms with Crippen molar-refractivity contribution in [2.75, 3.05) is 25.6 Å². The highest BCUT2D eigenvalue weighted by Crippen LogP contribution is 2.25. The van der Waals surface area contributed by atoms with Crippen LogP contribution in [0.4, 0.5) is 18.9 Å². The highest BCUT2D eigenvalue weighted by atomic mass is 19.2. The third-order valence-electron chi connectivity index (χ3n) is 4.04. The minimum absolute atomic E-state index is 0.0181. The van der Waals surface area contributed by atoms with Gasteiger partial charge in [-0.1, -0.05) is 12.1 Å². The first-order valence-corrected chi connectivity index (χ1v) is 9.39. The van der Waals surface area contributed by atoms with Crippen LogP contribution in [0.15, 0.2) is 36.4 Å². The first-order chi connectivity index (χ1) is 15.2. The number of halogens is 3. The maximum atomic E-state index is 13.6. The number of anilines is 1. The number of ether oxygens (including phenoxy) is 3. The van der Waals surface area contributed by atoms with E-state index in [2.05, 4.69) is 5.32 Å². The van der Waals surface area contributed by atoms with Crippen LogP contribution >= 0.6 is 0 Å². The van der Waals surface area contributed by atoms with Crippen molar-refractivity contribution in [1.82, 2.24) is 5.32 Å². The zero-order valence-electron chi connectivity index (χ0n) is 17.2. The molecule has 0 saturated heterocycles. The number of esters is 1. The Labute approximate surface area is 181 Å². The molecule has 0 heterocycles. The molecule has 0 fully saturated rings. The highest BCUT2D eigenvalue weighted by Gasteiger charge is 2.20. The molecule has 2 aromatic carbocycles. The largest absolute Gasteiger partial charge is 0.493 e. The van der Waals surface area contributed by atoms with Gasteiger partial charge in [0.1, 0.15) is 0 Å². The first kappa shape index (κ1) is 24.5. The Kier molecular flexibility index (Phi) is 8.87. The number of hydrogen-bond acceptors (Lipinski definition) is 6. The van der Waals surface area contributed by atoms with Crippen molar-refractivity contribution in [3.8, 4) is 11.5 Å². The van der Waals surface area contributed by atoms with Crippen molar-refractivity contribution in [2.24, 2.45) is 0 Å². The Morgan fingerprint density at radius 2 is 1.69 bits per heavy atom. The molecule has 2 rings (SSSR count). The maximum absolute atomic E-state index is 13.6. The molecule has 11 heteroatoms. The van der Waals surface area contributed by atoms with E-state index in [9.17, 15) is 27.6 Å². The highest BCUT2D eigenvalue weighted by molar-refractivity contribution is 5.95. The van der Waals surface area contributed by atoms with Crippen molar-refractivity contribution < 1.29 is 41.8 Å². The summed E-state index contributed by atoms with van der Waals surface area (Å²) in [5, 5.41) is 4.18. The Bertz CT molecular complexity index is 986. The standard InChI is InChI=1S/C21H21F3N2O6/c1-12(32-18(28)9-10-31-16-6-4-3-5-15(16)30-2)21(29)25-11-17(27)26-14-8-7-13(22)19(23)20(14)24/h3-8,12H,9-11H2,1-2H3,(H,25,29)(H,26,27). The monoisotopic (exact) mass is 454 g/mol. The van der Waals surface area contributed by atoms with Crippen LogP contribution in [-0.4, -0.2) is 44.1 Å². The van der Waals surface area contributed by atoms with Crippen molar-refractivity contribution in [1.29, 1.82) is 0 Å². The molecule has 0 radical (unpaired) electrons. The minimum atomic E-state index is -1.73. The second kappa shape index (κ2) is 11.6. The second-order valence-electron chi connectivity index (χ2n) is 6.37. The third kappa shape index (κ3) is 6.89. The molecule has 0 saturated carbocycles. The zero-order valence-corrected chi connectivity index (χ0v) is 17.2. The summed E-state index contributed by atoms with van der Waals surface area (Å²) in [6.45, 7) is 0.660. The van der Waals surface area contributed by atoms with Crippen molar-refractivity contribution >= 4 is 23.5 Å². The van der Waals surface area contributed by atoms with Gasteiger partial charge in [0.2, 0.25) is 5.91 Å². The molecule has 2 amide bonds. The molecule has 1 atom stereocenters. The lowest BCUT2D eigenvalue weighted by atomic mass is 10.2. The molecule has 2 N–H and O–H groups in total. The van der Waals surface area contributed by atoms with Crippen LogP contribution < -0.4 is 20.1 Å². The Morgan fingerprint density at radius 3 is 2.38 bits per heavy atom. The quantitative estimate of drug-likeness (QED) is 0.423. The number of amides is 2. The molecule has 0 aliphatic heterocycles. The molecule has 0 aliphatic rings. The first-order valence-electron chi connectivity index (χ1n) is 9.39. The summed E-state index contributed by atoms with van der Waals surface area (Å²) >= 11 is 0. The van der Waals surface area contributed by atoms with Gasteiger partial charge in [-0.2, -0.15) is 0 Å². The second-order valence-corrected chi connectivity index (χ2v) is 6.37. The summed E-state index contributed by atoms with van der Waals surface area (Å²) in [5.41, 5.74) is -0.585. The van der Waals surface area contributed by atoms with Crippen LogP contribution in [0.3, 0.4) is 0 Å². The molecule has 32 heavy (non-hydrogen) atoms. The van der Waals surface area contributed by atoms with E-state index in [0.29, 0.717) is 17.6 Å². The van der Waals surface area contributed by atoms with Crippen LogP contribution in [0.25, 0.3) is 0 Å². The van der Waals surface area contributed by atoms with Gasteiger partial charge in [0.05, 0.1) is 32.4 Å². The van der Waals surface area contributed by atoms with Gasteiger partial charge in [0.25, 0.3) is 5.91 Å². The average molecular weight is 454 g/mol. The van der Waals surface area contributed by atoms with Crippen LogP contribution in [0.1, 0.15) is 13.3 Å². The fraction of sp³-hybridized carbons (Fsp3) is 0.286. The van der Waals surface area contributed by atoms with Crippen LogP contribution in [0.2, 0.25) is 0 Å². The summed E-state index contributed by atoms with van der Waals surface area (Å²) in [6.07, 6.45) is -1.37. The summed E-state index contributed by atoms with van der Waals surface area (Å²) in [4.78, 5) is 35.7. The van der Waals surface area contributed by atoms with E-state index in [1.807, 2.05) is 5.32 Å². The van der Waals surface area contributed by atoms with E-state index >= 15 is 0 Å². The lowest BCUT2D eigenvalue weighted by Gasteiger charge is -2.14. The summed E-state index contributed by atoms with van der Waals surface area (Å²) in [6, 6.07) is 8.33. The summed E-state index contributed by atoms with van der Waals surface area (Å²) < 4.78 is 55.1. The normalized spacial score (nSPS) is 11.3. The molecule has 2 aromatic rings. The number of hydrogen-bond donors (Lipinski definition) is 2. The van der Waals surface area contributed by atoms with Gasteiger partial charge in [-0.05, 0) is 31.2 Å². The smallest absolute Gasteiger partial charge is 0.310 e. The molecule has 0 aromatic heterocycles. The van der Waals surface area contributed by atoms with Crippen LogP contribution in [0, 0.1) is 17.5 Å². The minimum Gasteiger partial charge on any atom is -0.493 e. The maximum Gasteiger partial charge on any atom is 0.310 e. The fourth-order valence-corrected chi connectivity index (χ4v) is 2.42. The molecule has 8 nitrogen and oxygen atoms in total. The van der Waals surface area contributed by atoms with E-state index in [1.165, 1.54) is 14.0 Å². The number of nitrogens with one attached hydrogen (secondary N) is 2. The SMILES string of the molecule is COc1ccccc1OCCC(=O)OC(C)C(=O)NCC(=O)Nc1ccc(F)c(F)c1F. The van der Waals surface area contributed by atoms with E-state index in [1.54, 1.807) is 24.3 Å². The van der Waals surface area contributed by atoms with Gasteiger partial charge in [0, 0.05) is 0 Å². The number of carbonyl (C=O) groups excluding carboxylic acids is 3. The summed E-state index contributed by atoms with van der Waals surface area (Å²) in [5.74, 6) is -6.16. The molecule has 0 aliphatic carbocycles. The molecular weight excluding hydrogens is 433 g/mol. The lowest BCUT2D eigenvalue weighted by molar-refractivity contribution is -0.155. The predicted octanol–water partition coefficient (Wildman–Crippen LogP) is 2.57. The molecule has 1 unspecified atom stereocenters. The topological polar surface area (TPSA) is 103 Å². The zero-order chi connectivity index (χ0) is 23.7. The number of benzene rings is 2. The van der Waals surface area contributed by atoms with Gasteiger partial charge < -0.3 is 24.8 Å². The van der Waals surface area contributed by atoms with E-state index in [0.717, 1.165) is 6.07 Å². The van der Waals surface area contributed by atoms with E-state index < -0.39 is 53.6 Å². The number of para-hydroxylation sites is 2.